The second kappa shape index (κ2) is 12.4. The van der Waals surface area contributed by atoms with Crippen LogP contribution in [0.4, 0.5) is 33.3 Å². The molecule has 1 aliphatic carbocycles. The lowest BCUT2D eigenvalue weighted by atomic mass is 9.84. The molecule has 44 heavy (non-hydrogen) atoms. The number of fused-ring (bicyclic) bond motifs is 1. The average Bonchev–Trinajstić information content (AvgIpc) is 3.41. The number of nitrogens with zero attached hydrogens (tertiary/aromatic N) is 1. The second-order valence-electron chi connectivity index (χ2n) is 10.8. The van der Waals surface area contributed by atoms with Gasteiger partial charge in [-0.3, -0.25) is 14.3 Å². The molecular weight excluding hydrogens is 605 g/mol. The molecule has 0 spiro atoms. The minimum atomic E-state index is -5.21. The van der Waals surface area contributed by atoms with Crippen LogP contribution in [0.25, 0.3) is 0 Å². The quantitative estimate of drug-likeness (QED) is 0.160. The molecule has 1 aliphatic heterocycles. The third-order valence-electron chi connectivity index (χ3n) is 8.01. The third-order valence-corrected chi connectivity index (χ3v) is 9.31. The summed E-state index contributed by atoms with van der Waals surface area (Å²) in [6.45, 7) is 1.44. The molecule has 1 fully saturated rings. The maximum atomic E-state index is 14.5. The van der Waals surface area contributed by atoms with E-state index in [1.165, 1.54) is 29.3 Å². The van der Waals surface area contributed by atoms with Gasteiger partial charge in [0.2, 0.25) is 0 Å². The van der Waals surface area contributed by atoms with Crippen LogP contribution in [-0.4, -0.2) is 20.2 Å². The fourth-order valence-corrected chi connectivity index (χ4v) is 6.44. The molecule has 0 unspecified atom stereocenters. The predicted molar refractivity (Wildman–Crippen MR) is 154 cm³/mol. The highest BCUT2D eigenvalue weighted by molar-refractivity contribution is 7.97. The summed E-state index contributed by atoms with van der Waals surface area (Å²) in [6, 6.07) is 11.9. The van der Waals surface area contributed by atoms with E-state index in [0.717, 1.165) is 36.1 Å². The molecule has 13 heteroatoms. The second-order valence-corrected chi connectivity index (χ2v) is 12.5. The van der Waals surface area contributed by atoms with Gasteiger partial charge in [0.25, 0.3) is 21.8 Å². The van der Waals surface area contributed by atoms with Crippen molar-refractivity contribution in [2.45, 2.75) is 57.8 Å². The van der Waals surface area contributed by atoms with E-state index in [0.29, 0.717) is 22.6 Å². The number of alkyl halides is 1. The highest BCUT2D eigenvalue weighted by Gasteiger charge is 2.33. The Morgan fingerprint density at radius 1 is 0.955 bits per heavy atom. The minimum absolute atomic E-state index is 0.157. The molecule has 2 N–H and O–H groups in total. The Morgan fingerprint density at radius 2 is 1.59 bits per heavy atom. The zero-order valence-corrected chi connectivity index (χ0v) is 24.2. The molecule has 1 heterocycles. The van der Waals surface area contributed by atoms with Crippen LogP contribution in [0.1, 0.15) is 70.6 Å². The van der Waals surface area contributed by atoms with Crippen molar-refractivity contribution < 1.29 is 40.0 Å². The van der Waals surface area contributed by atoms with Crippen molar-refractivity contribution in [2.24, 2.45) is 0 Å². The van der Waals surface area contributed by atoms with Gasteiger partial charge in [-0.2, -0.15) is 0 Å². The summed E-state index contributed by atoms with van der Waals surface area (Å²) >= 11 is 0. The molecule has 3 aromatic rings. The number of nitrogens with one attached hydrogen (secondary N) is 2. The van der Waals surface area contributed by atoms with Crippen LogP contribution < -0.4 is 14.9 Å². The molecule has 0 atom stereocenters. The largest absolute Gasteiger partial charge is 0.348 e. The molecule has 0 aromatic heterocycles. The van der Waals surface area contributed by atoms with Gasteiger partial charge in [-0.05, 0) is 53.6 Å². The van der Waals surface area contributed by atoms with Crippen molar-refractivity contribution in [2.75, 3.05) is 9.62 Å². The first-order valence-corrected chi connectivity index (χ1v) is 15.4. The van der Waals surface area contributed by atoms with E-state index in [2.05, 4.69) is 11.9 Å². The Hall–Kier alpha value is -4.26. The fourth-order valence-electron chi connectivity index (χ4n) is 5.53. The Balaban J connectivity index is 1.46. The molecular formula is C31H28F5N3O4S. The van der Waals surface area contributed by atoms with Crippen LogP contribution in [-0.2, 0) is 34.6 Å². The van der Waals surface area contributed by atoms with E-state index in [-0.39, 0.29) is 24.7 Å². The SMILES string of the molecule is C=C(C(=O)N(Cc1ccc(C2CCCCC2)cc1)c1ccc2c(c1)CNC2=O)S(=O)(=O)Nc1c(F)c(F)c(CF)c(F)c1F. The number of hydrogen-bond donors (Lipinski definition) is 2. The van der Waals surface area contributed by atoms with E-state index in [1.807, 2.05) is 12.1 Å². The number of anilines is 2. The van der Waals surface area contributed by atoms with Gasteiger partial charge in [0.1, 0.15) is 17.3 Å². The van der Waals surface area contributed by atoms with Crippen LogP contribution in [0.2, 0.25) is 0 Å². The van der Waals surface area contributed by atoms with Gasteiger partial charge in [-0.25, -0.2) is 30.4 Å². The highest BCUT2D eigenvalue weighted by atomic mass is 32.2. The summed E-state index contributed by atoms with van der Waals surface area (Å²) in [4.78, 5) is 25.6. The molecule has 232 valence electrons. The lowest BCUT2D eigenvalue weighted by Crippen LogP contribution is -2.35. The van der Waals surface area contributed by atoms with E-state index < -0.39 is 62.0 Å². The summed E-state index contributed by atoms with van der Waals surface area (Å²) < 4.78 is 97.7. The van der Waals surface area contributed by atoms with Crippen LogP contribution in [0.5, 0.6) is 0 Å². The first-order valence-electron chi connectivity index (χ1n) is 13.9. The zero-order valence-electron chi connectivity index (χ0n) is 23.4. The topological polar surface area (TPSA) is 95.6 Å². The first-order chi connectivity index (χ1) is 20.9. The standard InChI is InChI=1S/C31H28F5N3O4S/c1-17(44(42,43)38-29-27(35)25(33)24(14-32)26(34)28(29)36)31(41)39(22-11-12-23-21(13-22)15-37-30(23)40)16-18-7-9-20(10-8-18)19-5-3-2-4-6-19/h7-13,19,38H,1-6,14-16H2,(H,37,40). The zero-order chi connectivity index (χ0) is 31.8. The number of halogens is 5. The van der Waals surface area contributed by atoms with Crippen LogP contribution in [0, 0.1) is 23.3 Å². The van der Waals surface area contributed by atoms with E-state index in [4.69, 9.17) is 0 Å². The van der Waals surface area contributed by atoms with Gasteiger partial charge < -0.3 is 10.2 Å². The predicted octanol–water partition coefficient (Wildman–Crippen LogP) is 6.49. The van der Waals surface area contributed by atoms with E-state index in [9.17, 15) is 40.0 Å². The smallest absolute Gasteiger partial charge is 0.271 e. The monoisotopic (exact) mass is 633 g/mol. The molecule has 7 nitrogen and oxygen atoms in total. The van der Waals surface area contributed by atoms with Crippen molar-refractivity contribution in [1.82, 2.24) is 5.32 Å². The van der Waals surface area contributed by atoms with Crippen LogP contribution >= 0.6 is 0 Å². The van der Waals surface area contributed by atoms with Crippen LogP contribution in [0.3, 0.4) is 0 Å². The van der Waals surface area contributed by atoms with Gasteiger partial charge in [-0.15, -0.1) is 0 Å². The van der Waals surface area contributed by atoms with E-state index in [1.54, 1.807) is 12.1 Å². The molecule has 5 rings (SSSR count). The number of amides is 2. The Bertz CT molecular complexity index is 1730. The van der Waals surface area contributed by atoms with Gasteiger partial charge in [0, 0.05) is 17.8 Å². The normalized spacial score (nSPS) is 15.1. The van der Waals surface area contributed by atoms with E-state index >= 15 is 0 Å². The molecule has 0 saturated heterocycles. The molecule has 1 saturated carbocycles. The van der Waals surface area contributed by atoms with Crippen molar-refractivity contribution in [1.29, 1.82) is 0 Å². The molecule has 0 bridgehead atoms. The van der Waals surface area contributed by atoms with Gasteiger partial charge in [-0.1, -0.05) is 50.1 Å². The Morgan fingerprint density at radius 3 is 2.20 bits per heavy atom. The number of hydrogen-bond acceptors (Lipinski definition) is 4. The number of carbonyl (C=O) groups is 2. The summed E-state index contributed by atoms with van der Waals surface area (Å²) in [7, 11) is -5.21. The summed E-state index contributed by atoms with van der Waals surface area (Å²) in [5, 5.41) is 2.65. The number of rotatable bonds is 9. The average molecular weight is 634 g/mol. The number of benzene rings is 3. The van der Waals surface area contributed by atoms with Gasteiger partial charge >= 0.3 is 0 Å². The van der Waals surface area contributed by atoms with Crippen molar-refractivity contribution >= 4 is 33.2 Å². The fraction of sp³-hybridized carbons (Fsp3) is 0.290. The number of carbonyl (C=O) groups excluding carboxylic acids is 2. The Labute approximate surface area is 250 Å². The number of sulfonamides is 1. The lowest BCUT2D eigenvalue weighted by molar-refractivity contribution is -0.114. The molecule has 2 aliphatic rings. The maximum Gasteiger partial charge on any atom is 0.271 e. The van der Waals surface area contributed by atoms with Gasteiger partial charge in [0.15, 0.2) is 23.3 Å². The summed E-state index contributed by atoms with van der Waals surface area (Å²) in [6.07, 6.45) is 5.62. The third kappa shape index (κ3) is 5.92. The molecule has 0 radical (unpaired) electrons. The van der Waals surface area contributed by atoms with Crippen LogP contribution in [0.15, 0.2) is 53.9 Å². The summed E-state index contributed by atoms with van der Waals surface area (Å²) in [5.41, 5.74) is -0.438. The highest BCUT2D eigenvalue weighted by Crippen LogP contribution is 2.34. The van der Waals surface area contributed by atoms with Crippen molar-refractivity contribution in [3.63, 3.8) is 0 Å². The Kier molecular flexibility index (Phi) is 8.78. The molecule has 2 amide bonds. The maximum absolute atomic E-state index is 14.5. The molecule has 3 aromatic carbocycles. The van der Waals surface area contributed by atoms with Crippen molar-refractivity contribution in [3.8, 4) is 0 Å². The first kappa shape index (κ1) is 31.2. The van der Waals surface area contributed by atoms with Crippen molar-refractivity contribution in [3.05, 3.63) is 105 Å². The summed E-state index contributed by atoms with van der Waals surface area (Å²) in [5.74, 6) is -9.74. The minimum Gasteiger partial charge on any atom is -0.348 e. The lowest BCUT2D eigenvalue weighted by Gasteiger charge is -2.25. The van der Waals surface area contributed by atoms with Gasteiger partial charge in [0.05, 0.1) is 12.1 Å².